The number of aromatic hydroxyl groups is 1. The van der Waals surface area contributed by atoms with Gasteiger partial charge in [0, 0.05) is 31.0 Å². The van der Waals surface area contributed by atoms with Gasteiger partial charge in [0.05, 0.1) is 7.11 Å². The summed E-state index contributed by atoms with van der Waals surface area (Å²) < 4.78 is 5.17. The van der Waals surface area contributed by atoms with E-state index in [1.54, 1.807) is 26.3 Å². The molecule has 2 rings (SSSR count). The van der Waals surface area contributed by atoms with Gasteiger partial charge in [-0.1, -0.05) is 0 Å². The first-order valence-corrected chi connectivity index (χ1v) is 8.20. The first-order valence-electron chi connectivity index (χ1n) is 7.15. The Kier molecular flexibility index (Phi) is 8.77. The summed E-state index contributed by atoms with van der Waals surface area (Å²) in [5.41, 5.74) is 0.785. The number of phenols is 1. The summed E-state index contributed by atoms with van der Waals surface area (Å²) in [5, 5.41) is 17.1. The number of ether oxygens (including phenoxy) is 1. The van der Waals surface area contributed by atoms with Crippen LogP contribution in [-0.2, 0) is 6.54 Å². The molecule has 1 aromatic rings. The van der Waals surface area contributed by atoms with E-state index in [0.717, 1.165) is 23.8 Å². The molecule has 124 valence electrons. The average molecular weight is 437 g/mol. The molecule has 1 aromatic carbocycles. The second-order valence-electron chi connectivity index (χ2n) is 4.94. The first-order chi connectivity index (χ1) is 10.2. The molecule has 22 heavy (non-hydrogen) atoms. The molecule has 1 saturated heterocycles. The lowest BCUT2D eigenvalue weighted by molar-refractivity contribution is 0.410. The number of methoxy groups -OCH3 is 1. The molecule has 1 atom stereocenters. The standard InChI is InChI=1S/C15H23N3O2S.HI/c1-16-15(18-10-13-4-3-7-21-13)17-9-11-8-12(20-2)5-6-14(11)19;/h5-6,8,13,19H,3-4,7,9-10H2,1-2H3,(H2,16,17,18);1H. The summed E-state index contributed by atoms with van der Waals surface area (Å²) in [4.78, 5) is 4.21. The fraction of sp³-hybridized carbons (Fsp3) is 0.533. The minimum Gasteiger partial charge on any atom is -0.508 e. The van der Waals surface area contributed by atoms with Gasteiger partial charge < -0.3 is 20.5 Å². The molecule has 7 heteroatoms. The third-order valence-corrected chi connectivity index (χ3v) is 4.88. The maximum Gasteiger partial charge on any atom is 0.191 e. The van der Waals surface area contributed by atoms with Crippen molar-refractivity contribution in [2.24, 2.45) is 4.99 Å². The van der Waals surface area contributed by atoms with Crippen LogP contribution < -0.4 is 15.4 Å². The second-order valence-corrected chi connectivity index (χ2v) is 6.34. The van der Waals surface area contributed by atoms with Crippen LogP contribution >= 0.6 is 35.7 Å². The number of phenolic OH excluding ortho intramolecular Hbond substituents is 1. The molecule has 0 aromatic heterocycles. The SMILES string of the molecule is CN=C(NCc1cc(OC)ccc1O)NCC1CCCS1.I. The normalized spacial score (nSPS) is 17.7. The lowest BCUT2D eigenvalue weighted by Gasteiger charge is -2.15. The van der Waals surface area contributed by atoms with E-state index in [4.69, 9.17) is 4.74 Å². The maximum absolute atomic E-state index is 9.86. The van der Waals surface area contributed by atoms with Crippen LogP contribution in [0.25, 0.3) is 0 Å². The van der Waals surface area contributed by atoms with Gasteiger partial charge in [0.1, 0.15) is 11.5 Å². The molecule has 1 aliphatic heterocycles. The van der Waals surface area contributed by atoms with Crippen LogP contribution in [0.3, 0.4) is 0 Å². The maximum atomic E-state index is 9.86. The molecule has 0 saturated carbocycles. The zero-order chi connectivity index (χ0) is 15.1. The summed E-state index contributed by atoms with van der Waals surface area (Å²) in [6.07, 6.45) is 2.58. The fourth-order valence-corrected chi connectivity index (χ4v) is 3.45. The number of nitrogens with one attached hydrogen (secondary N) is 2. The van der Waals surface area contributed by atoms with Crippen LogP contribution in [0.1, 0.15) is 18.4 Å². The highest BCUT2D eigenvalue weighted by Crippen LogP contribution is 2.25. The van der Waals surface area contributed by atoms with E-state index in [1.807, 2.05) is 17.8 Å². The Morgan fingerprint density at radius 3 is 2.91 bits per heavy atom. The number of guanidine groups is 1. The van der Waals surface area contributed by atoms with Crippen molar-refractivity contribution in [3.63, 3.8) is 0 Å². The predicted molar refractivity (Wildman–Crippen MR) is 104 cm³/mol. The molecule has 5 nitrogen and oxygen atoms in total. The molecule has 0 bridgehead atoms. The number of aliphatic imine (C=N–C) groups is 1. The molecule has 1 heterocycles. The first kappa shape index (κ1) is 19.2. The fourth-order valence-electron chi connectivity index (χ4n) is 2.25. The van der Waals surface area contributed by atoms with E-state index < -0.39 is 0 Å². The van der Waals surface area contributed by atoms with Crippen molar-refractivity contribution >= 4 is 41.7 Å². The van der Waals surface area contributed by atoms with Gasteiger partial charge >= 0.3 is 0 Å². The molecule has 0 amide bonds. The minimum atomic E-state index is 0. The summed E-state index contributed by atoms with van der Waals surface area (Å²) >= 11 is 2.01. The summed E-state index contributed by atoms with van der Waals surface area (Å²) in [6.45, 7) is 1.43. The quantitative estimate of drug-likeness (QED) is 0.376. The van der Waals surface area contributed by atoms with Crippen molar-refractivity contribution in [3.05, 3.63) is 23.8 Å². The predicted octanol–water partition coefficient (Wildman–Crippen LogP) is 2.58. The number of benzene rings is 1. The van der Waals surface area contributed by atoms with Crippen molar-refractivity contribution in [1.82, 2.24) is 10.6 Å². The lowest BCUT2D eigenvalue weighted by Crippen LogP contribution is -2.39. The van der Waals surface area contributed by atoms with Gasteiger partial charge in [0.2, 0.25) is 0 Å². The lowest BCUT2D eigenvalue weighted by atomic mass is 10.2. The van der Waals surface area contributed by atoms with Gasteiger partial charge in [-0.05, 0) is 36.8 Å². The Hall–Kier alpha value is -0.830. The number of thioether (sulfide) groups is 1. The number of rotatable bonds is 5. The van der Waals surface area contributed by atoms with E-state index >= 15 is 0 Å². The van der Waals surface area contributed by atoms with Crippen LogP contribution in [0.15, 0.2) is 23.2 Å². The monoisotopic (exact) mass is 437 g/mol. The van der Waals surface area contributed by atoms with Gasteiger partial charge in [0.25, 0.3) is 0 Å². The van der Waals surface area contributed by atoms with Crippen LogP contribution in [0.5, 0.6) is 11.5 Å². The molecule has 1 aliphatic rings. The molecule has 1 fully saturated rings. The van der Waals surface area contributed by atoms with Crippen molar-refractivity contribution in [1.29, 1.82) is 0 Å². The van der Waals surface area contributed by atoms with Gasteiger partial charge in [0.15, 0.2) is 5.96 Å². The Morgan fingerprint density at radius 1 is 1.45 bits per heavy atom. The molecule has 0 radical (unpaired) electrons. The molecular formula is C15H24IN3O2S. The summed E-state index contributed by atoms with van der Waals surface area (Å²) in [5.74, 6) is 3.00. The summed E-state index contributed by atoms with van der Waals surface area (Å²) in [6, 6.07) is 5.20. The highest BCUT2D eigenvalue weighted by atomic mass is 127. The minimum absolute atomic E-state index is 0. The van der Waals surface area contributed by atoms with E-state index in [2.05, 4.69) is 15.6 Å². The molecule has 1 unspecified atom stereocenters. The van der Waals surface area contributed by atoms with Crippen molar-refractivity contribution in [2.45, 2.75) is 24.6 Å². The van der Waals surface area contributed by atoms with Crippen LogP contribution in [0.2, 0.25) is 0 Å². The third-order valence-electron chi connectivity index (χ3n) is 3.48. The molecule has 0 spiro atoms. The average Bonchev–Trinajstić information content (AvgIpc) is 3.02. The number of nitrogens with zero attached hydrogens (tertiary/aromatic N) is 1. The van der Waals surface area contributed by atoms with Gasteiger partial charge in [-0.2, -0.15) is 11.8 Å². The van der Waals surface area contributed by atoms with E-state index in [0.29, 0.717) is 11.8 Å². The topological polar surface area (TPSA) is 65.9 Å². The van der Waals surface area contributed by atoms with Gasteiger partial charge in [-0.25, -0.2) is 0 Å². The highest BCUT2D eigenvalue weighted by Gasteiger charge is 2.15. The second kappa shape index (κ2) is 10.0. The van der Waals surface area contributed by atoms with Gasteiger partial charge in [-0.15, -0.1) is 24.0 Å². The van der Waals surface area contributed by atoms with E-state index in [-0.39, 0.29) is 29.7 Å². The largest absolute Gasteiger partial charge is 0.508 e. The Bertz CT molecular complexity index is 494. The Balaban J connectivity index is 0.00000242. The van der Waals surface area contributed by atoms with Crippen LogP contribution in [-0.4, -0.2) is 42.8 Å². The Labute approximate surface area is 153 Å². The number of hydrogen-bond acceptors (Lipinski definition) is 4. The summed E-state index contributed by atoms with van der Waals surface area (Å²) in [7, 11) is 3.37. The van der Waals surface area contributed by atoms with E-state index in [9.17, 15) is 5.11 Å². The van der Waals surface area contributed by atoms with E-state index in [1.165, 1.54) is 18.6 Å². The molecular weight excluding hydrogens is 413 g/mol. The zero-order valence-electron chi connectivity index (χ0n) is 13.0. The number of hydrogen-bond donors (Lipinski definition) is 3. The van der Waals surface area contributed by atoms with Crippen molar-refractivity contribution < 1.29 is 9.84 Å². The Morgan fingerprint density at radius 2 is 2.27 bits per heavy atom. The third kappa shape index (κ3) is 5.75. The molecule has 3 N–H and O–H groups in total. The highest BCUT2D eigenvalue weighted by molar-refractivity contribution is 14.0. The zero-order valence-corrected chi connectivity index (χ0v) is 16.1. The van der Waals surface area contributed by atoms with Crippen molar-refractivity contribution in [3.8, 4) is 11.5 Å². The van der Waals surface area contributed by atoms with Gasteiger partial charge in [-0.3, -0.25) is 4.99 Å². The molecule has 0 aliphatic carbocycles. The van der Waals surface area contributed by atoms with Crippen LogP contribution in [0.4, 0.5) is 0 Å². The van der Waals surface area contributed by atoms with Crippen molar-refractivity contribution in [2.75, 3.05) is 26.5 Å². The van der Waals surface area contributed by atoms with Crippen LogP contribution in [0, 0.1) is 0 Å². The number of halogens is 1. The smallest absolute Gasteiger partial charge is 0.191 e.